The zero-order valence-corrected chi connectivity index (χ0v) is 18.2. The molecule has 1 amide bonds. The van der Waals surface area contributed by atoms with Crippen molar-refractivity contribution in [2.75, 3.05) is 12.3 Å². The van der Waals surface area contributed by atoms with E-state index in [-0.39, 0.29) is 17.2 Å². The molecular weight excluding hydrogens is 386 g/mol. The van der Waals surface area contributed by atoms with Gasteiger partial charge in [-0.1, -0.05) is 48.5 Å². The molecule has 0 fully saturated rings. The number of rotatable bonds is 8. The molecule has 29 heavy (non-hydrogen) atoms. The van der Waals surface area contributed by atoms with E-state index in [1.807, 2.05) is 52.0 Å². The number of carbonyl (C=O) groups is 1. The lowest BCUT2D eigenvalue weighted by Gasteiger charge is -2.13. The number of carbonyl (C=O) groups excluding carboxylic acids is 1. The lowest BCUT2D eigenvalue weighted by molar-refractivity contribution is -0.118. The van der Waals surface area contributed by atoms with Crippen LogP contribution in [0.1, 0.15) is 37.1 Å². The fourth-order valence-corrected chi connectivity index (χ4v) is 3.91. The summed E-state index contributed by atoms with van der Waals surface area (Å²) in [5.41, 5.74) is 3.88. The van der Waals surface area contributed by atoms with Crippen LogP contribution in [0.2, 0.25) is 0 Å². The van der Waals surface area contributed by atoms with E-state index in [9.17, 15) is 9.59 Å². The van der Waals surface area contributed by atoms with E-state index < -0.39 is 0 Å². The van der Waals surface area contributed by atoms with Crippen LogP contribution >= 0.6 is 11.8 Å². The fraction of sp³-hybridized carbons (Fsp3) is 0.429. The summed E-state index contributed by atoms with van der Waals surface area (Å²) < 4.78 is 3.35. The summed E-state index contributed by atoms with van der Waals surface area (Å²) in [6.07, 6.45) is 0.883. The van der Waals surface area contributed by atoms with Crippen molar-refractivity contribution in [3.05, 3.63) is 51.4 Å². The van der Waals surface area contributed by atoms with Crippen molar-refractivity contribution in [3.63, 3.8) is 0 Å². The predicted molar refractivity (Wildman–Crippen MR) is 117 cm³/mol. The first-order valence-electron chi connectivity index (χ1n) is 9.87. The molecule has 7 nitrogen and oxygen atoms in total. The van der Waals surface area contributed by atoms with Gasteiger partial charge in [0.1, 0.15) is 5.52 Å². The van der Waals surface area contributed by atoms with Crippen LogP contribution in [-0.4, -0.2) is 37.5 Å². The van der Waals surface area contributed by atoms with Gasteiger partial charge in [-0.05, 0) is 32.8 Å². The van der Waals surface area contributed by atoms with Gasteiger partial charge in [0.15, 0.2) is 10.7 Å². The average Bonchev–Trinajstić information content (AvgIpc) is 3.04. The highest BCUT2D eigenvalue weighted by Crippen LogP contribution is 2.21. The van der Waals surface area contributed by atoms with Crippen molar-refractivity contribution >= 4 is 28.7 Å². The number of nitrogens with one attached hydrogen (secondary N) is 1. The van der Waals surface area contributed by atoms with Gasteiger partial charge in [-0.25, -0.2) is 4.98 Å². The molecule has 8 heteroatoms. The second kappa shape index (κ2) is 9.26. The van der Waals surface area contributed by atoms with Gasteiger partial charge in [0.2, 0.25) is 5.91 Å². The van der Waals surface area contributed by atoms with E-state index in [4.69, 9.17) is 4.98 Å². The van der Waals surface area contributed by atoms with Crippen LogP contribution < -0.4 is 10.9 Å². The van der Waals surface area contributed by atoms with Crippen molar-refractivity contribution in [1.82, 2.24) is 24.6 Å². The first-order valence-corrected chi connectivity index (χ1v) is 10.9. The highest BCUT2D eigenvalue weighted by atomic mass is 32.2. The zero-order chi connectivity index (χ0) is 21.0. The number of hydrogen-bond donors (Lipinski definition) is 1. The lowest BCUT2D eigenvalue weighted by Crippen LogP contribution is -2.28. The van der Waals surface area contributed by atoms with Crippen LogP contribution in [0, 0.1) is 13.8 Å². The zero-order valence-electron chi connectivity index (χ0n) is 17.4. The molecule has 1 N–H and O–H groups in total. The van der Waals surface area contributed by atoms with Crippen LogP contribution in [0.15, 0.2) is 34.2 Å². The van der Waals surface area contributed by atoms with Crippen molar-refractivity contribution in [2.45, 2.75) is 52.4 Å². The molecule has 3 aromatic rings. The Hall–Kier alpha value is -2.61. The Balaban J connectivity index is 2.04. The third kappa shape index (κ3) is 4.70. The lowest BCUT2D eigenvalue weighted by atomic mass is 10.1. The van der Waals surface area contributed by atoms with E-state index in [2.05, 4.69) is 10.4 Å². The van der Waals surface area contributed by atoms with Crippen molar-refractivity contribution < 1.29 is 4.79 Å². The van der Waals surface area contributed by atoms with Gasteiger partial charge in [-0.15, -0.1) is 0 Å². The Morgan fingerprint density at radius 2 is 1.90 bits per heavy atom. The van der Waals surface area contributed by atoms with E-state index in [1.54, 1.807) is 9.25 Å². The molecule has 0 bridgehead atoms. The number of thioether (sulfide) groups is 1. The van der Waals surface area contributed by atoms with Crippen molar-refractivity contribution in [2.24, 2.45) is 0 Å². The van der Waals surface area contributed by atoms with Gasteiger partial charge in [-0.2, -0.15) is 5.10 Å². The highest BCUT2D eigenvalue weighted by molar-refractivity contribution is 7.99. The minimum atomic E-state index is -0.130. The Morgan fingerprint density at radius 3 is 2.55 bits per heavy atom. The molecule has 0 saturated carbocycles. The first-order chi connectivity index (χ1) is 13.9. The van der Waals surface area contributed by atoms with E-state index >= 15 is 0 Å². The van der Waals surface area contributed by atoms with E-state index in [0.29, 0.717) is 35.8 Å². The van der Waals surface area contributed by atoms with Crippen molar-refractivity contribution in [1.29, 1.82) is 0 Å². The molecule has 2 heterocycles. The standard InChI is InChI=1S/C21H27N5O2S/c1-5-11-22-17(27)13-29-21-23-18-15(4)24-26(6-2)19(18)20(28)25(21)12-16-9-7-14(3)8-10-16/h7-10H,5-6,11-13H2,1-4H3,(H,22,27). The van der Waals surface area contributed by atoms with Crippen molar-refractivity contribution in [3.8, 4) is 0 Å². The molecule has 2 aromatic heterocycles. The minimum absolute atomic E-state index is 0.0611. The molecule has 0 saturated heterocycles. The van der Waals surface area contributed by atoms with Crippen LogP contribution in [0.5, 0.6) is 0 Å². The second-order valence-corrected chi connectivity index (χ2v) is 7.95. The van der Waals surface area contributed by atoms with E-state index in [1.165, 1.54) is 11.8 Å². The predicted octanol–water partition coefficient (Wildman–Crippen LogP) is 2.90. The van der Waals surface area contributed by atoms with Gasteiger partial charge in [0.25, 0.3) is 5.56 Å². The topological polar surface area (TPSA) is 81.8 Å². The molecule has 0 spiro atoms. The SMILES string of the molecule is CCCNC(=O)CSc1nc2c(C)nn(CC)c2c(=O)n1Cc1ccc(C)cc1. The van der Waals surface area contributed by atoms with Crippen LogP contribution in [0.4, 0.5) is 0 Å². The monoisotopic (exact) mass is 413 g/mol. The Labute approximate surface area is 174 Å². The third-order valence-electron chi connectivity index (χ3n) is 4.65. The van der Waals surface area contributed by atoms with Gasteiger partial charge in [0.05, 0.1) is 18.0 Å². The highest BCUT2D eigenvalue weighted by Gasteiger charge is 2.19. The maximum atomic E-state index is 13.4. The number of amides is 1. The summed E-state index contributed by atoms with van der Waals surface area (Å²) in [5, 5.41) is 7.86. The quantitative estimate of drug-likeness (QED) is 0.454. The first kappa shape index (κ1) is 21.1. The Morgan fingerprint density at radius 1 is 1.17 bits per heavy atom. The summed E-state index contributed by atoms with van der Waals surface area (Å²) in [6, 6.07) is 8.07. The number of nitrogens with zero attached hydrogens (tertiary/aromatic N) is 4. The molecule has 0 aliphatic heterocycles. The van der Waals surface area contributed by atoms with Gasteiger partial charge in [-0.3, -0.25) is 18.8 Å². The van der Waals surface area contributed by atoms with Crippen LogP contribution in [-0.2, 0) is 17.9 Å². The molecule has 0 aliphatic carbocycles. The summed E-state index contributed by atoms with van der Waals surface area (Å²) in [7, 11) is 0. The van der Waals surface area contributed by atoms with E-state index in [0.717, 1.165) is 23.2 Å². The maximum Gasteiger partial charge on any atom is 0.280 e. The summed E-state index contributed by atoms with van der Waals surface area (Å²) in [4.78, 5) is 30.2. The Kier molecular flexibility index (Phi) is 6.74. The summed E-state index contributed by atoms with van der Waals surface area (Å²) in [5.74, 6) is 0.154. The number of fused-ring (bicyclic) bond motifs is 1. The maximum absolute atomic E-state index is 13.4. The molecule has 0 unspecified atom stereocenters. The molecule has 0 atom stereocenters. The minimum Gasteiger partial charge on any atom is -0.355 e. The third-order valence-corrected chi connectivity index (χ3v) is 5.62. The molecule has 0 radical (unpaired) electrons. The number of aromatic nitrogens is 4. The Bertz CT molecular complexity index is 1070. The normalized spacial score (nSPS) is 11.2. The summed E-state index contributed by atoms with van der Waals surface area (Å²) in [6.45, 7) is 9.49. The molecule has 1 aromatic carbocycles. The fourth-order valence-electron chi connectivity index (χ4n) is 3.09. The number of benzene rings is 1. The van der Waals surface area contributed by atoms with Gasteiger partial charge in [0, 0.05) is 13.1 Å². The molecular formula is C21H27N5O2S. The molecule has 3 rings (SSSR count). The average molecular weight is 414 g/mol. The molecule has 154 valence electrons. The van der Waals surface area contributed by atoms with Gasteiger partial charge < -0.3 is 5.32 Å². The largest absolute Gasteiger partial charge is 0.355 e. The smallest absolute Gasteiger partial charge is 0.280 e. The number of hydrogen-bond acceptors (Lipinski definition) is 5. The summed E-state index contributed by atoms with van der Waals surface area (Å²) >= 11 is 1.29. The van der Waals surface area contributed by atoms with Gasteiger partial charge >= 0.3 is 0 Å². The van der Waals surface area contributed by atoms with Crippen LogP contribution in [0.25, 0.3) is 11.0 Å². The van der Waals surface area contributed by atoms with Crippen LogP contribution in [0.3, 0.4) is 0 Å². The number of aryl methyl sites for hydroxylation is 3. The second-order valence-electron chi connectivity index (χ2n) is 7.01. The molecule has 0 aliphatic rings.